The molecule has 7 nitrogen and oxygen atoms in total. The van der Waals surface area contributed by atoms with E-state index in [-0.39, 0.29) is 23.3 Å². The van der Waals surface area contributed by atoms with Gasteiger partial charge < -0.3 is 9.80 Å². The molecule has 1 aliphatic rings. The van der Waals surface area contributed by atoms with Crippen molar-refractivity contribution in [1.82, 2.24) is 19.0 Å². The van der Waals surface area contributed by atoms with Gasteiger partial charge in [0.05, 0.1) is 16.3 Å². The lowest BCUT2D eigenvalue weighted by Crippen LogP contribution is -2.47. The van der Waals surface area contributed by atoms with Crippen molar-refractivity contribution in [2.75, 3.05) is 37.6 Å². The molecule has 0 radical (unpaired) electrons. The number of aromatic nitrogens is 2. The van der Waals surface area contributed by atoms with Gasteiger partial charge in [0, 0.05) is 49.4 Å². The van der Waals surface area contributed by atoms with Crippen LogP contribution < -0.4 is 4.90 Å². The van der Waals surface area contributed by atoms with Crippen molar-refractivity contribution >= 4 is 27.4 Å². The number of piperazine rings is 1. The Labute approximate surface area is 224 Å². The first-order valence-corrected chi connectivity index (χ1v) is 14.6. The average Bonchev–Trinajstić information content (AvgIpc) is 3.22. The second-order valence-electron chi connectivity index (χ2n) is 9.46. The predicted octanol–water partition coefficient (Wildman–Crippen LogP) is 5.10. The lowest BCUT2D eigenvalue weighted by molar-refractivity contribution is 0.269. The number of sulfonamides is 1. The summed E-state index contributed by atoms with van der Waals surface area (Å²) in [6, 6.07) is 12.4. The molecule has 200 valence electrons. The van der Waals surface area contributed by atoms with Crippen molar-refractivity contribution in [2.24, 2.45) is 0 Å². The summed E-state index contributed by atoms with van der Waals surface area (Å²) in [5, 5.41) is 5.28. The first kappa shape index (κ1) is 27.6. The maximum atomic E-state index is 14.2. The Balaban J connectivity index is 1.81. The molecule has 0 N–H and O–H groups in total. The number of rotatable bonds is 9. The molecule has 10 heteroatoms. The summed E-state index contributed by atoms with van der Waals surface area (Å²) in [4.78, 5) is 4.82. The normalized spacial score (nSPS) is 15.9. The molecular formula is C27H35ClFN5O2S. The van der Waals surface area contributed by atoms with Crippen molar-refractivity contribution < 1.29 is 12.8 Å². The minimum absolute atomic E-state index is 0.157. The summed E-state index contributed by atoms with van der Waals surface area (Å²) in [6.45, 7) is 12.4. The smallest absolute Gasteiger partial charge is 0.243 e. The van der Waals surface area contributed by atoms with Gasteiger partial charge in [-0.2, -0.15) is 9.40 Å². The van der Waals surface area contributed by atoms with Crippen molar-refractivity contribution in [2.45, 2.75) is 51.6 Å². The van der Waals surface area contributed by atoms with Crippen LogP contribution in [-0.2, 0) is 16.6 Å². The molecule has 1 aliphatic heterocycles. The fourth-order valence-electron chi connectivity index (χ4n) is 4.70. The molecule has 1 saturated heterocycles. The van der Waals surface area contributed by atoms with Crippen LogP contribution >= 0.6 is 11.6 Å². The maximum Gasteiger partial charge on any atom is 0.243 e. The summed E-state index contributed by atoms with van der Waals surface area (Å²) in [5.74, 6) is 0.471. The Morgan fingerprint density at radius 2 is 1.76 bits per heavy atom. The highest BCUT2D eigenvalue weighted by atomic mass is 35.5. The second kappa shape index (κ2) is 11.5. The Morgan fingerprint density at radius 3 is 2.35 bits per heavy atom. The summed E-state index contributed by atoms with van der Waals surface area (Å²) in [5.41, 5.74) is 2.15. The molecule has 1 unspecified atom stereocenters. The summed E-state index contributed by atoms with van der Waals surface area (Å²) in [7, 11) is -3.82. The van der Waals surface area contributed by atoms with Gasteiger partial charge in [0.15, 0.2) is 0 Å². The number of nitrogens with zero attached hydrogens (tertiary/aromatic N) is 5. The van der Waals surface area contributed by atoms with Crippen LogP contribution in [0.3, 0.4) is 0 Å². The van der Waals surface area contributed by atoms with Crippen LogP contribution in [0.1, 0.15) is 38.4 Å². The highest BCUT2D eigenvalue weighted by Crippen LogP contribution is 2.32. The third-order valence-corrected chi connectivity index (χ3v) is 9.37. The van der Waals surface area contributed by atoms with Gasteiger partial charge in [0.1, 0.15) is 11.6 Å². The van der Waals surface area contributed by atoms with E-state index in [0.717, 1.165) is 49.8 Å². The highest BCUT2D eigenvalue weighted by Gasteiger charge is 2.33. The molecule has 1 atom stereocenters. The van der Waals surface area contributed by atoms with Crippen LogP contribution in [0.5, 0.6) is 0 Å². The Bertz CT molecular complexity index is 1320. The van der Waals surface area contributed by atoms with Gasteiger partial charge in [-0.15, -0.1) is 0 Å². The summed E-state index contributed by atoms with van der Waals surface area (Å²) >= 11 is 6.03. The van der Waals surface area contributed by atoms with Crippen molar-refractivity contribution in [3.63, 3.8) is 0 Å². The van der Waals surface area contributed by atoms with Gasteiger partial charge >= 0.3 is 0 Å². The van der Waals surface area contributed by atoms with E-state index in [1.54, 1.807) is 39.3 Å². The van der Waals surface area contributed by atoms with Crippen LogP contribution in [0.15, 0.2) is 53.4 Å². The number of benzene rings is 2. The fraction of sp³-hybridized carbons (Fsp3) is 0.444. The highest BCUT2D eigenvalue weighted by molar-refractivity contribution is 7.89. The van der Waals surface area contributed by atoms with Crippen molar-refractivity contribution in [3.8, 4) is 5.69 Å². The zero-order valence-electron chi connectivity index (χ0n) is 21.9. The second-order valence-corrected chi connectivity index (χ2v) is 11.8. The quantitative estimate of drug-likeness (QED) is 0.373. The number of aryl methyl sites for hydroxylation is 1. The molecule has 1 aromatic heterocycles. The molecule has 4 rings (SSSR count). The van der Waals surface area contributed by atoms with Crippen LogP contribution in [0.4, 0.5) is 10.2 Å². The SMILES string of the molecule is CCC(C)N(Cc1c(C)nn(-c2cccc(F)c2)c1N1CCN(CC)CC1)S(=O)(=O)c1ccc(Cl)cc1. The number of likely N-dealkylation sites (N-methyl/N-ethyl adjacent to an activating group) is 1. The first-order valence-electron chi connectivity index (χ1n) is 12.7. The van der Waals surface area contributed by atoms with E-state index < -0.39 is 10.0 Å². The minimum atomic E-state index is -3.82. The average molecular weight is 548 g/mol. The van der Waals surface area contributed by atoms with E-state index in [0.29, 0.717) is 17.1 Å². The number of hydrogen-bond donors (Lipinski definition) is 0. The van der Waals surface area contributed by atoms with Crippen molar-refractivity contribution in [3.05, 3.63) is 70.6 Å². The molecule has 2 heterocycles. The number of hydrogen-bond acceptors (Lipinski definition) is 5. The summed E-state index contributed by atoms with van der Waals surface area (Å²) in [6.07, 6.45) is 0.647. The van der Waals surface area contributed by atoms with Crippen LogP contribution in [0.25, 0.3) is 5.69 Å². The third-order valence-electron chi connectivity index (χ3n) is 7.15. The zero-order chi connectivity index (χ0) is 26.7. The van der Waals surface area contributed by atoms with Crippen LogP contribution in [0.2, 0.25) is 5.02 Å². The summed E-state index contributed by atoms with van der Waals surface area (Å²) < 4.78 is 45.2. The molecular weight excluding hydrogens is 513 g/mol. The number of anilines is 1. The van der Waals surface area contributed by atoms with Gasteiger partial charge in [-0.3, -0.25) is 0 Å². The molecule has 0 bridgehead atoms. The van der Waals surface area contributed by atoms with E-state index >= 15 is 0 Å². The first-order chi connectivity index (χ1) is 17.6. The van der Waals surface area contributed by atoms with Crippen LogP contribution in [-0.4, -0.2) is 66.2 Å². The van der Waals surface area contributed by atoms with Crippen LogP contribution in [0, 0.1) is 12.7 Å². The van der Waals surface area contributed by atoms with E-state index in [2.05, 4.69) is 16.7 Å². The van der Waals surface area contributed by atoms with E-state index in [1.165, 1.54) is 12.1 Å². The third kappa shape index (κ3) is 5.85. The number of halogens is 2. The lowest BCUT2D eigenvalue weighted by atomic mass is 10.1. The van der Waals surface area contributed by atoms with Gasteiger partial charge in [-0.25, -0.2) is 17.5 Å². The molecule has 0 spiro atoms. The molecule has 3 aromatic rings. The molecule has 0 amide bonds. The topological polar surface area (TPSA) is 61.7 Å². The van der Waals surface area contributed by atoms with Gasteiger partial charge in [0.25, 0.3) is 0 Å². The molecule has 37 heavy (non-hydrogen) atoms. The lowest BCUT2D eigenvalue weighted by Gasteiger charge is -2.36. The molecule has 1 fully saturated rings. The minimum Gasteiger partial charge on any atom is -0.354 e. The fourth-order valence-corrected chi connectivity index (χ4v) is 6.50. The molecule has 0 aliphatic carbocycles. The van der Waals surface area contributed by atoms with Crippen molar-refractivity contribution in [1.29, 1.82) is 0 Å². The zero-order valence-corrected chi connectivity index (χ0v) is 23.4. The standard InChI is InChI=1S/C27H35ClFN5O2S/c1-5-20(3)33(37(35,36)25-12-10-22(28)11-13-25)19-26-21(4)30-34(24-9-7-8-23(29)18-24)27(26)32-16-14-31(6-2)15-17-32/h7-13,18,20H,5-6,14-17,19H2,1-4H3. The maximum absolute atomic E-state index is 14.2. The van der Waals surface area contributed by atoms with Gasteiger partial charge in [-0.05, 0) is 69.3 Å². The van der Waals surface area contributed by atoms with E-state index in [4.69, 9.17) is 16.7 Å². The Hall–Kier alpha value is -2.46. The van der Waals surface area contributed by atoms with E-state index in [9.17, 15) is 12.8 Å². The largest absolute Gasteiger partial charge is 0.354 e. The molecule has 2 aromatic carbocycles. The van der Waals surface area contributed by atoms with E-state index in [1.807, 2.05) is 26.8 Å². The monoisotopic (exact) mass is 547 g/mol. The van der Waals surface area contributed by atoms with Gasteiger partial charge in [0.2, 0.25) is 10.0 Å². The molecule has 0 saturated carbocycles. The van der Waals surface area contributed by atoms with Gasteiger partial charge in [-0.1, -0.05) is 31.5 Å². The Kier molecular flexibility index (Phi) is 8.58. The predicted molar refractivity (Wildman–Crippen MR) is 147 cm³/mol. The Morgan fingerprint density at radius 1 is 1.08 bits per heavy atom.